The monoisotopic (exact) mass is 781 g/mol. The lowest BCUT2D eigenvalue weighted by molar-refractivity contribution is 0.0183. The number of amides is 2. The number of thiophene rings is 1. The zero-order valence-corrected chi connectivity index (χ0v) is 31.7. The van der Waals surface area contributed by atoms with Crippen molar-refractivity contribution >= 4 is 39.2 Å². The van der Waals surface area contributed by atoms with Crippen molar-refractivity contribution in [2.45, 2.75) is 39.3 Å². The van der Waals surface area contributed by atoms with E-state index in [9.17, 15) is 18.8 Å². The fourth-order valence-corrected chi connectivity index (χ4v) is 7.04. The van der Waals surface area contributed by atoms with Crippen LogP contribution in [0.25, 0.3) is 26.5 Å². The molecule has 0 unspecified atom stereocenters. The number of nitrogens with one attached hydrogen (secondary N) is 1. The summed E-state index contributed by atoms with van der Waals surface area (Å²) in [7, 11) is 1.57. The number of pyridine rings is 3. The third-order valence-electron chi connectivity index (χ3n) is 8.64. The van der Waals surface area contributed by atoms with Crippen LogP contribution < -0.4 is 20.3 Å². The van der Waals surface area contributed by atoms with Gasteiger partial charge in [0, 0.05) is 67.7 Å². The van der Waals surface area contributed by atoms with Crippen molar-refractivity contribution in [2.24, 2.45) is 0 Å². The SMILES string of the molecule is COCCN(Cc1ccc(-c2cc3nccc(Oc4ccc(NC(=O)c5c6c(cn(-c7ccc(F)cc7)c5=O)CCO6)cc4F)c3s2)nc1)C(=O)OC(C)(C)C. The number of fused-ring (bicyclic) bond motifs is 2. The Morgan fingerprint density at radius 2 is 1.82 bits per heavy atom. The number of methoxy groups -OCH3 is 1. The lowest BCUT2D eigenvalue weighted by Crippen LogP contribution is -2.38. The molecule has 288 valence electrons. The minimum atomic E-state index is -0.785. The Bertz CT molecular complexity index is 2480. The maximum atomic E-state index is 15.5. The van der Waals surface area contributed by atoms with Gasteiger partial charge in [0.2, 0.25) is 0 Å². The van der Waals surface area contributed by atoms with E-state index < -0.39 is 34.8 Å². The van der Waals surface area contributed by atoms with Gasteiger partial charge in [-0.05, 0) is 74.9 Å². The number of anilines is 1. The molecule has 0 bridgehead atoms. The first-order valence-corrected chi connectivity index (χ1v) is 18.5. The first kappa shape index (κ1) is 38.1. The minimum absolute atomic E-state index is 0.0869. The second kappa shape index (κ2) is 15.9. The van der Waals surface area contributed by atoms with Crippen LogP contribution in [0, 0.1) is 11.6 Å². The molecule has 56 heavy (non-hydrogen) atoms. The maximum absolute atomic E-state index is 15.5. The molecular weight excluding hydrogens is 745 g/mol. The zero-order chi connectivity index (χ0) is 39.6. The summed E-state index contributed by atoms with van der Waals surface area (Å²) in [6, 6.07) is 16.5. The Balaban J connectivity index is 1.07. The van der Waals surface area contributed by atoms with E-state index in [2.05, 4.69) is 15.3 Å². The lowest BCUT2D eigenvalue weighted by Gasteiger charge is -2.27. The van der Waals surface area contributed by atoms with Crippen LogP contribution in [-0.2, 0) is 22.4 Å². The van der Waals surface area contributed by atoms with Crippen LogP contribution in [0.1, 0.15) is 42.3 Å². The number of carbonyl (C=O) groups excluding carboxylic acids is 2. The molecule has 2 aromatic carbocycles. The van der Waals surface area contributed by atoms with E-state index in [1.807, 2.05) is 39.0 Å². The van der Waals surface area contributed by atoms with E-state index >= 15 is 4.39 Å². The van der Waals surface area contributed by atoms with Gasteiger partial charge < -0.3 is 29.2 Å². The summed E-state index contributed by atoms with van der Waals surface area (Å²) in [5, 5.41) is 2.60. The summed E-state index contributed by atoms with van der Waals surface area (Å²) in [6.07, 6.45) is 4.86. The largest absolute Gasteiger partial charge is 0.492 e. The zero-order valence-electron chi connectivity index (χ0n) is 30.9. The number of hydrogen-bond acceptors (Lipinski definition) is 10. The number of hydrogen-bond donors (Lipinski definition) is 1. The molecule has 0 saturated carbocycles. The van der Waals surface area contributed by atoms with Gasteiger partial charge in [0.05, 0.1) is 40.5 Å². The molecule has 0 saturated heterocycles. The summed E-state index contributed by atoms with van der Waals surface area (Å²) < 4.78 is 53.5. The van der Waals surface area contributed by atoms with Crippen molar-refractivity contribution in [3.63, 3.8) is 0 Å². The molecule has 12 nitrogen and oxygen atoms in total. The maximum Gasteiger partial charge on any atom is 0.410 e. The Morgan fingerprint density at radius 3 is 2.54 bits per heavy atom. The molecule has 5 heterocycles. The molecule has 0 aliphatic carbocycles. The van der Waals surface area contributed by atoms with Gasteiger partial charge in [0.15, 0.2) is 11.6 Å². The number of rotatable bonds is 11. The number of benzene rings is 2. The molecule has 1 N–H and O–H groups in total. The fraction of sp³-hybridized carbons (Fsp3) is 0.244. The summed E-state index contributed by atoms with van der Waals surface area (Å²) in [5.41, 5.74) is 1.65. The van der Waals surface area contributed by atoms with Gasteiger partial charge in [-0.2, -0.15) is 0 Å². The molecule has 2 amide bonds. The van der Waals surface area contributed by atoms with E-state index in [0.29, 0.717) is 52.5 Å². The van der Waals surface area contributed by atoms with Crippen molar-refractivity contribution in [3.05, 3.63) is 124 Å². The third kappa shape index (κ3) is 8.38. The van der Waals surface area contributed by atoms with Gasteiger partial charge in [-0.15, -0.1) is 11.3 Å². The van der Waals surface area contributed by atoms with Crippen LogP contribution in [0.5, 0.6) is 17.2 Å². The van der Waals surface area contributed by atoms with Gasteiger partial charge in [-0.1, -0.05) is 6.07 Å². The predicted molar refractivity (Wildman–Crippen MR) is 207 cm³/mol. The third-order valence-corrected chi connectivity index (χ3v) is 9.80. The lowest BCUT2D eigenvalue weighted by atomic mass is 10.1. The molecule has 6 aromatic rings. The van der Waals surface area contributed by atoms with Crippen molar-refractivity contribution in [1.82, 2.24) is 19.4 Å². The highest BCUT2D eigenvalue weighted by Crippen LogP contribution is 2.39. The molecular formula is C41H37F2N5O7S. The first-order valence-electron chi connectivity index (χ1n) is 17.6. The summed E-state index contributed by atoms with van der Waals surface area (Å²) >= 11 is 1.37. The second-order valence-corrected chi connectivity index (χ2v) is 14.9. The van der Waals surface area contributed by atoms with E-state index in [-0.39, 0.29) is 35.9 Å². The molecule has 4 aromatic heterocycles. The van der Waals surface area contributed by atoms with Gasteiger partial charge in [0.25, 0.3) is 11.5 Å². The summed E-state index contributed by atoms with van der Waals surface area (Å²) in [5.74, 6) is -1.58. The molecule has 7 rings (SSSR count). The van der Waals surface area contributed by atoms with E-state index in [4.69, 9.17) is 18.9 Å². The van der Waals surface area contributed by atoms with Crippen molar-refractivity contribution in [2.75, 3.05) is 32.2 Å². The van der Waals surface area contributed by atoms with Crippen LogP contribution in [0.2, 0.25) is 0 Å². The van der Waals surface area contributed by atoms with Crippen LogP contribution in [-0.4, -0.2) is 63.9 Å². The van der Waals surface area contributed by atoms with Gasteiger partial charge >= 0.3 is 6.09 Å². The van der Waals surface area contributed by atoms with Crippen LogP contribution >= 0.6 is 11.3 Å². The van der Waals surface area contributed by atoms with E-state index in [1.165, 1.54) is 52.3 Å². The highest BCUT2D eigenvalue weighted by atomic mass is 32.1. The van der Waals surface area contributed by atoms with Crippen LogP contribution in [0.3, 0.4) is 0 Å². The smallest absolute Gasteiger partial charge is 0.410 e. The standard InChI is InChI=1S/C41H37F2N5O7S/c1-41(2,3)55-40(51)47(16-18-52-4)22-24-5-11-30(45-21-24)34-20-31-37(56-34)33(13-15-44-31)54-32-12-8-27(19-29(32)43)46-38(49)35-36-25(14-17-53-36)23-48(39(35)50)28-9-6-26(42)7-10-28/h5-13,15,19-21,23H,14,16-18,22H2,1-4H3,(H,46,49). The van der Waals surface area contributed by atoms with Gasteiger partial charge in [-0.3, -0.25) is 24.1 Å². The Labute approximate surface area is 324 Å². The Hall–Kier alpha value is -6.19. The fourth-order valence-electron chi connectivity index (χ4n) is 5.99. The average molecular weight is 782 g/mol. The highest BCUT2D eigenvalue weighted by molar-refractivity contribution is 7.22. The molecule has 1 aliphatic heterocycles. The highest BCUT2D eigenvalue weighted by Gasteiger charge is 2.28. The molecule has 1 aliphatic rings. The molecule has 0 radical (unpaired) electrons. The van der Waals surface area contributed by atoms with E-state index in [1.54, 1.807) is 36.7 Å². The Kier molecular flexibility index (Phi) is 10.8. The summed E-state index contributed by atoms with van der Waals surface area (Å²) in [4.78, 5) is 51.3. The first-order chi connectivity index (χ1) is 26.9. The predicted octanol–water partition coefficient (Wildman–Crippen LogP) is 8.15. The number of carbonyl (C=O) groups is 2. The summed E-state index contributed by atoms with van der Waals surface area (Å²) in [6.45, 7) is 6.71. The second-order valence-electron chi connectivity index (χ2n) is 13.9. The van der Waals surface area contributed by atoms with Crippen LogP contribution in [0.15, 0.2) is 90.1 Å². The van der Waals surface area contributed by atoms with E-state index in [0.717, 1.165) is 16.5 Å². The number of aromatic nitrogens is 3. The van der Waals surface area contributed by atoms with Gasteiger partial charge in [-0.25, -0.2) is 13.6 Å². The topological polar surface area (TPSA) is 134 Å². The number of halogens is 2. The Morgan fingerprint density at radius 1 is 1.02 bits per heavy atom. The molecule has 0 atom stereocenters. The minimum Gasteiger partial charge on any atom is -0.492 e. The number of nitrogens with zero attached hydrogens (tertiary/aromatic N) is 4. The normalized spacial score (nSPS) is 12.2. The van der Waals surface area contributed by atoms with Gasteiger partial charge in [0.1, 0.15) is 28.5 Å². The van der Waals surface area contributed by atoms with Crippen molar-refractivity contribution in [1.29, 1.82) is 0 Å². The molecule has 15 heteroatoms. The number of ether oxygens (including phenoxy) is 4. The average Bonchev–Trinajstić information content (AvgIpc) is 3.82. The van der Waals surface area contributed by atoms with Crippen molar-refractivity contribution in [3.8, 4) is 33.5 Å². The van der Waals surface area contributed by atoms with Crippen LogP contribution in [0.4, 0.5) is 19.3 Å². The molecule has 0 spiro atoms. The van der Waals surface area contributed by atoms with Crippen molar-refractivity contribution < 1.29 is 37.3 Å². The quantitative estimate of drug-likeness (QED) is 0.138. The molecule has 0 fully saturated rings.